The Morgan fingerprint density at radius 2 is 1.83 bits per heavy atom. The van der Waals surface area contributed by atoms with Crippen LogP contribution in [0.15, 0.2) is 48.7 Å². The van der Waals surface area contributed by atoms with Gasteiger partial charge in [0.1, 0.15) is 5.82 Å². The number of benzene rings is 2. The van der Waals surface area contributed by atoms with Crippen LogP contribution in [0.1, 0.15) is 46.3 Å². The molecule has 0 unspecified atom stereocenters. The average molecular weight is 573 g/mol. The second kappa shape index (κ2) is 12.3. The molecular weight excluding hydrogens is 532 g/mol. The number of aryl methyl sites for hydroxylation is 3. The molecule has 1 aromatic heterocycles. The number of amides is 2. The number of hydrogen-bond donors (Lipinski definition) is 1. The van der Waals surface area contributed by atoms with Crippen LogP contribution in [0.3, 0.4) is 0 Å². The predicted octanol–water partition coefficient (Wildman–Crippen LogP) is 4.85. The summed E-state index contributed by atoms with van der Waals surface area (Å²) in [7, 11) is 1.90. The fraction of sp³-hybridized carbons (Fsp3) is 0.469. The summed E-state index contributed by atoms with van der Waals surface area (Å²) >= 11 is 2.06. The van der Waals surface area contributed by atoms with E-state index in [9.17, 15) is 9.59 Å². The average Bonchev–Trinajstić information content (AvgIpc) is 3.24. The molecule has 0 atom stereocenters. The molecule has 3 aromatic rings. The molecular formula is C32H40N6O2S. The second-order valence-electron chi connectivity index (χ2n) is 11.6. The van der Waals surface area contributed by atoms with E-state index in [-0.39, 0.29) is 11.8 Å². The van der Waals surface area contributed by atoms with Crippen molar-refractivity contribution in [3.63, 3.8) is 0 Å². The quantitative estimate of drug-likeness (QED) is 0.455. The summed E-state index contributed by atoms with van der Waals surface area (Å²) in [6.45, 7) is 7.85. The maximum atomic E-state index is 13.8. The number of likely N-dealkylation sites (tertiary alicyclic amines) is 1. The third-order valence-corrected chi connectivity index (χ3v) is 9.76. The molecule has 2 fully saturated rings. The highest BCUT2D eigenvalue weighted by Gasteiger charge is 2.28. The van der Waals surface area contributed by atoms with Gasteiger partial charge in [-0.3, -0.25) is 14.3 Å². The van der Waals surface area contributed by atoms with Crippen LogP contribution in [-0.4, -0.2) is 75.6 Å². The van der Waals surface area contributed by atoms with Gasteiger partial charge >= 0.3 is 0 Å². The molecule has 0 aliphatic carbocycles. The van der Waals surface area contributed by atoms with Crippen molar-refractivity contribution in [2.45, 2.75) is 39.2 Å². The monoisotopic (exact) mass is 572 g/mol. The highest BCUT2D eigenvalue weighted by molar-refractivity contribution is 7.99. The van der Waals surface area contributed by atoms with Gasteiger partial charge in [-0.1, -0.05) is 18.2 Å². The summed E-state index contributed by atoms with van der Waals surface area (Å²) in [6.07, 6.45) is 5.25. The Balaban J connectivity index is 1.07. The first-order chi connectivity index (χ1) is 20.0. The number of hydrogen-bond acceptors (Lipinski definition) is 6. The second-order valence-corrected chi connectivity index (χ2v) is 12.8. The molecule has 2 aromatic carbocycles. The van der Waals surface area contributed by atoms with Gasteiger partial charge in [0.05, 0.1) is 24.1 Å². The van der Waals surface area contributed by atoms with Crippen LogP contribution in [-0.2, 0) is 24.8 Å². The van der Waals surface area contributed by atoms with E-state index in [1.54, 1.807) is 4.68 Å². The van der Waals surface area contributed by atoms with Crippen molar-refractivity contribution in [1.29, 1.82) is 0 Å². The van der Waals surface area contributed by atoms with Crippen molar-refractivity contribution in [1.82, 2.24) is 19.6 Å². The number of carbonyl (C=O) groups excluding carboxylic acids is 2. The molecule has 3 aliphatic rings. The summed E-state index contributed by atoms with van der Waals surface area (Å²) in [5.74, 6) is 4.32. The minimum Gasteiger partial charge on any atom is -0.343 e. The maximum absolute atomic E-state index is 13.8. The van der Waals surface area contributed by atoms with Crippen LogP contribution in [0.5, 0.6) is 0 Å². The minimum absolute atomic E-state index is 0.0483. The van der Waals surface area contributed by atoms with Gasteiger partial charge in [0.15, 0.2) is 0 Å². The van der Waals surface area contributed by atoms with Crippen molar-refractivity contribution < 1.29 is 9.59 Å². The molecule has 6 rings (SSSR count). The number of aromatic nitrogens is 2. The van der Waals surface area contributed by atoms with Crippen LogP contribution in [0.25, 0.3) is 0 Å². The highest BCUT2D eigenvalue weighted by Crippen LogP contribution is 2.36. The van der Waals surface area contributed by atoms with Crippen LogP contribution in [0.2, 0.25) is 0 Å². The third kappa shape index (κ3) is 6.16. The van der Waals surface area contributed by atoms with Gasteiger partial charge < -0.3 is 20.0 Å². The van der Waals surface area contributed by atoms with Gasteiger partial charge in [-0.15, -0.1) is 0 Å². The van der Waals surface area contributed by atoms with Crippen molar-refractivity contribution in [2.24, 2.45) is 13.0 Å². The van der Waals surface area contributed by atoms with Crippen molar-refractivity contribution in [2.75, 3.05) is 54.4 Å². The fourth-order valence-electron chi connectivity index (χ4n) is 6.32. The molecule has 216 valence electrons. The Bertz CT molecular complexity index is 1410. The van der Waals surface area contributed by atoms with E-state index in [1.165, 1.54) is 31.1 Å². The Morgan fingerprint density at radius 1 is 1.05 bits per heavy atom. The number of anilines is 3. The molecule has 0 spiro atoms. The van der Waals surface area contributed by atoms with E-state index in [2.05, 4.69) is 32.0 Å². The van der Waals surface area contributed by atoms with Crippen LogP contribution >= 0.6 is 11.8 Å². The van der Waals surface area contributed by atoms with Gasteiger partial charge in [0.25, 0.3) is 5.91 Å². The first-order valence-electron chi connectivity index (χ1n) is 14.8. The van der Waals surface area contributed by atoms with Crippen LogP contribution in [0, 0.1) is 12.8 Å². The first-order valence-corrected chi connectivity index (χ1v) is 16.0. The van der Waals surface area contributed by atoms with Crippen molar-refractivity contribution >= 4 is 40.8 Å². The molecule has 2 amide bonds. The highest BCUT2D eigenvalue weighted by atomic mass is 32.2. The van der Waals surface area contributed by atoms with E-state index in [4.69, 9.17) is 0 Å². The number of piperidine rings is 1. The van der Waals surface area contributed by atoms with Gasteiger partial charge in [-0.2, -0.15) is 16.9 Å². The zero-order valence-electron chi connectivity index (χ0n) is 24.1. The Morgan fingerprint density at radius 3 is 2.61 bits per heavy atom. The van der Waals surface area contributed by atoms with Crippen LogP contribution in [0.4, 0.5) is 17.2 Å². The van der Waals surface area contributed by atoms with Crippen molar-refractivity contribution in [3.8, 4) is 0 Å². The van der Waals surface area contributed by atoms with E-state index in [0.717, 1.165) is 59.8 Å². The fourth-order valence-corrected chi connectivity index (χ4v) is 7.30. The van der Waals surface area contributed by atoms with Gasteiger partial charge in [-0.05, 0) is 67.5 Å². The molecule has 1 N–H and O–H groups in total. The molecule has 3 aliphatic heterocycles. The lowest BCUT2D eigenvalue weighted by Crippen LogP contribution is -2.43. The van der Waals surface area contributed by atoms with E-state index in [0.29, 0.717) is 30.9 Å². The van der Waals surface area contributed by atoms with E-state index < -0.39 is 0 Å². The topological polar surface area (TPSA) is 73.7 Å². The number of carbonyl (C=O) groups is 2. The van der Waals surface area contributed by atoms with Gasteiger partial charge in [0.2, 0.25) is 5.91 Å². The van der Waals surface area contributed by atoms with Gasteiger partial charge in [-0.25, -0.2) is 0 Å². The zero-order chi connectivity index (χ0) is 28.3. The molecule has 2 saturated heterocycles. The number of rotatable bonds is 6. The molecule has 8 nitrogen and oxygen atoms in total. The summed E-state index contributed by atoms with van der Waals surface area (Å²) in [5, 5.41) is 7.83. The number of nitrogens with one attached hydrogen (secondary N) is 1. The van der Waals surface area contributed by atoms with E-state index in [1.807, 2.05) is 67.5 Å². The maximum Gasteiger partial charge on any atom is 0.258 e. The Kier molecular flexibility index (Phi) is 8.35. The molecule has 41 heavy (non-hydrogen) atoms. The predicted molar refractivity (Wildman–Crippen MR) is 166 cm³/mol. The van der Waals surface area contributed by atoms with E-state index >= 15 is 0 Å². The van der Waals surface area contributed by atoms with Gasteiger partial charge in [0, 0.05) is 68.8 Å². The number of thioether (sulfide) groups is 1. The minimum atomic E-state index is -0.0483. The Labute approximate surface area is 247 Å². The first kappa shape index (κ1) is 27.8. The molecule has 0 saturated carbocycles. The largest absolute Gasteiger partial charge is 0.343 e. The molecule has 0 bridgehead atoms. The number of nitrogens with zero attached hydrogens (tertiary/aromatic N) is 5. The molecule has 4 heterocycles. The lowest BCUT2D eigenvalue weighted by Gasteiger charge is -2.36. The zero-order valence-corrected chi connectivity index (χ0v) is 25.0. The normalized spacial score (nSPS) is 17.9. The molecule has 0 radical (unpaired) electrons. The number of para-hydroxylation sites is 2. The smallest absolute Gasteiger partial charge is 0.258 e. The third-order valence-electron chi connectivity index (χ3n) is 8.82. The number of fused-ring (bicyclic) bond motifs is 2. The standard InChI is InChI=1S/C32H40N6O2S/c1-23-19-26(32(40)38-22-27-20-33-35(2)31(27)34-28-5-3-4-6-29(28)38)8-7-25(23)9-10-30(39)37-13-11-24(12-14-37)21-36-15-17-41-18-16-36/h3-8,19-20,24,34H,9-18,21-22H2,1-2H3. The Hall–Kier alpha value is -3.30. The SMILES string of the molecule is Cc1cc(C(=O)N2Cc3cnn(C)c3Nc3ccccc32)ccc1CCC(=O)N1CCC(CN2CCSCC2)CC1. The summed E-state index contributed by atoms with van der Waals surface area (Å²) in [6, 6.07) is 13.8. The summed E-state index contributed by atoms with van der Waals surface area (Å²) in [4.78, 5) is 33.4. The summed E-state index contributed by atoms with van der Waals surface area (Å²) in [5.41, 5.74) is 5.52. The summed E-state index contributed by atoms with van der Waals surface area (Å²) < 4.78 is 1.80. The molecule has 9 heteroatoms. The van der Waals surface area contributed by atoms with Crippen LogP contribution < -0.4 is 10.2 Å². The lowest BCUT2D eigenvalue weighted by molar-refractivity contribution is -0.132. The van der Waals surface area contributed by atoms with Crippen molar-refractivity contribution in [3.05, 3.63) is 70.9 Å². The lowest BCUT2D eigenvalue weighted by atomic mass is 9.95.